The van der Waals surface area contributed by atoms with Gasteiger partial charge in [0.1, 0.15) is 0 Å². The van der Waals surface area contributed by atoms with Crippen LogP contribution in [0.25, 0.3) is 0 Å². The zero-order chi connectivity index (χ0) is 19.1. The summed E-state index contributed by atoms with van der Waals surface area (Å²) in [6, 6.07) is 0. The zero-order valence-corrected chi connectivity index (χ0v) is 17.0. The predicted molar refractivity (Wildman–Crippen MR) is 104 cm³/mol. The van der Waals surface area contributed by atoms with Crippen molar-refractivity contribution >= 4 is 5.97 Å². The van der Waals surface area contributed by atoms with Gasteiger partial charge in [-0.25, -0.2) is 4.79 Å². The Morgan fingerprint density at radius 3 is 2.77 bits per heavy atom. The number of esters is 1. The minimum atomic E-state index is -0.789. The van der Waals surface area contributed by atoms with E-state index < -0.39 is 5.79 Å². The van der Waals surface area contributed by atoms with Crippen molar-refractivity contribution in [3.8, 4) is 0 Å². The van der Waals surface area contributed by atoms with E-state index in [2.05, 4.69) is 46.4 Å². The molecule has 0 saturated heterocycles. The second-order valence-corrected chi connectivity index (χ2v) is 8.83. The molecule has 0 amide bonds. The molecule has 0 radical (unpaired) electrons. The van der Waals surface area contributed by atoms with Crippen LogP contribution in [0.5, 0.6) is 0 Å². The second kappa shape index (κ2) is 6.99. The molecule has 0 aromatic carbocycles. The second-order valence-electron chi connectivity index (χ2n) is 8.83. The van der Waals surface area contributed by atoms with Gasteiger partial charge in [0.05, 0.1) is 0 Å². The van der Waals surface area contributed by atoms with E-state index in [1.807, 2.05) is 0 Å². The molecule has 1 heterocycles. The Balaban J connectivity index is 1.81. The SMILES string of the molecule is C=C(C)[C@H](/C=C/[C@@H](C)[C@H]1CC[C@H]2C3=CC(=O)O[C@@]3(OC)CC[C@]12C)CC. The Bertz CT molecular complexity index is 646. The minimum Gasteiger partial charge on any atom is -0.426 e. The monoisotopic (exact) mass is 358 g/mol. The average molecular weight is 359 g/mol. The first-order valence-corrected chi connectivity index (χ1v) is 10.1. The first-order valence-electron chi connectivity index (χ1n) is 10.1. The van der Waals surface area contributed by atoms with Gasteiger partial charge in [-0.3, -0.25) is 0 Å². The molecule has 0 aromatic heterocycles. The molecule has 144 valence electrons. The number of hydrogen-bond acceptors (Lipinski definition) is 3. The van der Waals surface area contributed by atoms with E-state index in [1.165, 1.54) is 12.0 Å². The van der Waals surface area contributed by atoms with Gasteiger partial charge in [0.15, 0.2) is 0 Å². The van der Waals surface area contributed by atoms with Gasteiger partial charge in [-0.2, -0.15) is 0 Å². The van der Waals surface area contributed by atoms with Gasteiger partial charge in [0.25, 0.3) is 0 Å². The summed E-state index contributed by atoms with van der Waals surface area (Å²) in [5, 5.41) is 0. The Labute approximate surface area is 158 Å². The predicted octanol–water partition coefficient (Wildman–Crippen LogP) is 5.43. The first-order chi connectivity index (χ1) is 12.3. The Kier molecular flexibility index (Phi) is 5.22. The average Bonchev–Trinajstić information content (AvgIpc) is 3.11. The molecule has 3 aliphatic rings. The summed E-state index contributed by atoms with van der Waals surface area (Å²) in [7, 11) is 1.66. The number of allylic oxidation sites excluding steroid dienone is 3. The summed E-state index contributed by atoms with van der Waals surface area (Å²) in [5.74, 6) is 0.965. The molecule has 0 N–H and O–H groups in total. The Morgan fingerprint density at radius 2 is 2.15 bits per heavy atom. The van der Waals surface area contributed by atoms with Crippen molar-refractivity contribution in [2.75, 3.05) is 7.11 Å². The quantitative estimate of drug-likeness (QED) is 0.469. The molecule has 3 heteroatoms. The van der Waals surface area contributed by atoms with Crippen molar-refractivity contribution < 1.29 is 14.3 Å². The number of ether oxygens (including phenoxy) is 2. The van der Waals surface area contributed by atoms with Gasteiger partial charge in [-0.1, -0.05) is 45.1 Å². The largest absolute Gasteiger partial charge is 0.426 e. The van der Waals surface area contributed by atoms with Crippen LogP contribution in [-0.2, 0) is 14.3 Å². The van der Waals surface area contributed by atoms with Gasteiger partial charge < -0.3 is 9.47 Å². The molecule has 3 rings (SSSR count). The lowest BCUT2D eigenvalue weighted by atomic mass is 9.60. The lowest BCUT2D eigenvalue weighted by Crippen LogP contribution is -2.47. The maximum absolute atomic E-state index is 12.0. The molecular weight excluding hydrogens is 324 g/mol. The van der Waals surface area contributed by atoms with Gasteiger partial charge >= 0.3 is 5.97 Å². The first kappa shape index (κ1) is 19.4. The van der Waals surface area contributed by atoms with E-state index in [4.69, 9.17) is 9.47 Å². The van der Waals surface area contributed by atoms with Crippen molar-refractivity contribution in [1.82, 2.24) is 0 Å². The summed E-state index contributed by atoms with van der Waals surface area (Å²) in [4.78, 5) is 12.0. The van der Waals surface area contributed by atoms with Crippen molar-refractivity contribution in [2.24, 2.45) is 29.1 Å². The lowest BCUT2D eigenvalue weighted by molar-refractivity contribution is -0.208. The van der Waals surface area contributed by atoms with E-state index in [0.29, 0.717) is 23.7 Å². The Hall–Kier alpha value is -1.35. The van der Waals surface area contributed by atoms with Crippen LogP contribution >= 0.6 is 0 Å². The number of carbonyl (C=O) groups excluding carboxylic acids is 1. The molecule has 0 aromatic rings. The fourth-order valence-corrected chi connectivity index (χ4v) is 5.83. The topological polar surface area (TPSA) is 35.5 Å². The fraction of sp³-hybridized carbons (Fsp3) is 0.696. The summed E-state index contributed by atoms with van der Waals surface area (Å²) in [6.07, 6.45) is 11.7. The highest BCUT2D eigenvalue weighted by Crippen LogP contribution is 2.63. The van der Waals surface area contributed by atoms with Gasteiger partial charge in [0, 0.05) is 25.2 Å². The highest BCUT2D eigenvalue weighted by atomic mass is 16.7. The van der Waals surface area contributed by atoms with Crippen molar-refractivity contribution in [2.45, 2.75) is 65.6 Å². The molecule has 0 bridgehead atoms. The molecule has 6 atom stereocenters. The highest BCUT2D eigenvalue weighted by Gasteiger charge is 2.60. The van der Waals surface area contributed by atoms with E-state index in [-0.39, 0.29) is 11.4 Å². The van der Waals surface area contributed by atoms with E-state index in [1.54, 1.807) is 13.2 Å². The van der Waals surface area contributed by atoms with Crippen molar-refractivity contribution in [3.63, 3.8) is 0 Å². The maximum atomic E-state index is 12.0. The summed E-state index contributed by atoms with van der Waals surface area (Å²) >= 11 is 0. The number of hydrogen-bond donors (Lipinski definition) is 0. The minimum absolute atomic E-state index is 0.205. The molecule has 0 spiro atoms. The van der Waals surface area contributed by atoms with Gasteiger partial charge in [-0.05, 0) is 61.7 Å². The van der Waals surface area contributed by atoms with E-state index in [0.717, 1.165) is 31.3 Å². The molecule has 3 nitrogen and oxygen atoms in total. The smallest absolute Gasteiger partial charge is 0.333 e. The van der Waals surface area contributed by atoms with Crippen LogP contribution < -0.4 is 0 Å². The number of rotatable bonds is 6. The van der Waals surface area contributed by atoms with Crippen LogP contribution in [0.1, 0.15) is 59.8 Å². The van der Waals surface area contributed by atoms with Gasteiger partial charge in [-0.15, -0.1) is 0 Å². The molecular formula is C23H34O3. The van der Waals surface area contributed by atoms with E-state index >= 15 is 0 Å². The molecule has 26 heavy (non-hydrogen) atoms. The zero-order valence-electron chi connectivity index (χ0n) is 17.0. The lowest BCUT2D eigenvalue weighted by Gasteiger charge is -2.48. The summed E-state index contributed by atoms with van der Waals surface area (Å²) in [6.45, 7) is 13.2. The third-order valence-electron chi connectivity index (χ3n) is 7.44. The normalized spacial score (nSPS) is 38.5. The summed E-state index contributed by atoms with van der Waals surface area (Å²) < 4.78 is 11.3. The van der Waals surface area contributed by atoms with Gasteiger partial charge in [0.2, 0.25) is 5.79 Å². The van der Waals surface area contributed by atoms with Crippen LogP contribution in [0.4, 0.5) is 0 Å². The van der Waals surface area contributed by atoms with Crippen LogP contribution in [-0.4, -0.2) is 18.9 Å². The van der Waals surface area contributed by atoms with Crippen LogP contribution in [0.3, 0.4) is 0 Å². The van der Waals surface area contributed by atoms with E-state index in [9.17, 15) is 4.79 Å². The number of carbonyl (C=O) groups is 1. The number of fused-ring (bicyclic) bond motifs is 3. The van der Waals surface area contributed by atoms with Crippen LogP contribution in [0.2, 0.25) is 0 Å². The molecule has 2 fully saturated rings. The standard InChI is InChI=1S/C23H34O3/c1-7-17(15(2)3)9-8-16(4)18-10-11-19-20-14-21(24)26-23(20,25-6)13-12-22(18,19)5/h8-9,14,16-19H,2,7,10-13H2,1,3-6H3/b9-8+/t16-,17+,18-,19+,22-,23+/m1/s1. The maximum Gasteiger partial charge on any atom is 0.333 e. The third kappa shape index (κ3) is 2.98. The fourth-order valence-electron chi connectivity index (χ4n) is 5.83. The molecule has 2 aliphatic carbocycles. The third-order valence-corrected chi connectivity index (χ3v) is 7.44. The molecule has 0 unspecified atom stereocenters. The van der Waals surface area contributed by atoms with Crippen LogP contribution in [0, 0.1) is 29.1 Å². The number of methoxy groups -OCH3 is 1. The van der Waals surface area contributed by atoms with Crippen molar-refractivity contribution in [3.05, 3.63) is 36.0 Å². The highest BCUT2D eigenvalue weighted by molar-refractivity contribution is 5.86. The van der Waals surface area contributed by atoms with Crippen molar-refractivity contribution in [1.29, 1.82) is 0 Å². The van der Waals surface area contributed by atoms with Crippen LogP contribution in [0.15, 0.2) is 36.0 Å². The molecule has 2 saturated carbocycles. The summed E-state index contributed by atoms with van der Waals surface area (Å²) in [5.41, 5.74) is 2.53. The molecule has 1 aliphatic heterocycles. The Morgan fingerprint density at radius 1 is 1.42 bits per heavy atom.